The lowest BCUT2D eigenvalue weighted by Crippen LogP contribution is -2.35. The van der Waals surface area contributed by atoms with Crippen LogP contribution in [-0.4, -0.2) is 48.2 Å². The number of hydrogen-bond donors (Lipinski definition) is 3. The highest BCUT2D eigenvalue weighted by Gasteiger charge is 2.20. The second-order valence-electron chi connectivity index (χ2n) is 6.23. The zero-order valence-electron chi connectivity index (χ0n) is 11.9. The normalized spacial score (nSPS) is 30.6. The van der Waals surface area contributed by atoms with Crippen LogP contribution in [0.5, 0.6) is 0 Å². The third kappa shape index (κ3) is 5.78. The van der Waals surface area contributed by atoms with Gasteiger partial charge in [0.05, 0.1) is 24.9 Å². The van der Waals surface area contributed by atoms with Crippen molar-refractivity contribution in [2.45, 2.75) is 69.7 Å². The van der Waals surface area contributed by atoms with Crippen LogP contribution in [0, 0.1) is 5.92 Å². The van der Waals surface area contributed by atoms with E-state index in [0.29, 0.717) is 25.2 Å². The zero-order chi connectivity index (χ0) is 13.5. The summed E-state index contributed by atoms with van der Waals surface area (Å²) in [6, 6.07) is 0. The van der Waals surface area contributed by atoms with Crippen LogP contribution in [0.3, 0.4) is 0 Å². The number of nitrogens with one attached hydrogen (secondary N) is 1. The summed E-state index contributed by atoms with van der Waals surface area (Å²) in [6.07, 6.45) is 8.82. The van der Waals surface area contributed by atoms with Crippen molar-refractivity contribution in [3.63, 3.8) is 0 Å². The van der Waals surface area contributed by atoms with Crippen LogP contribution in [0.2, 0.25) is 0 Å². The van der Waals surface area contributed by atoms with Gasteiger partial charge in [0, 0.05) is 6.54 Å². The van der Waals surface area contributed by atoms with Crippen molar-refractivity contribution in [2.75, 3.05) is 19.7 Å². The lowest BCUT2D eigenvalue weighted by Gasteiger charge is -2.26. The van der Waals surface area contributed by atoms with Crippen molar-refractivity contribution in [2.24, 2.45) is 5.92 Å². The molecule has 112 valence electrons. The standard InChI is InChI=1S/C15H29NO3/c17-13-7-5-12(6-8-13)9-16-10-14(18)11-19-15-3-1-2-4-15/h12-18H,1-11H2. The molecule has 0 saturated heterocycles. The van der Waals surface area contributed by atoms with Gasteiger partial charge < -0.3 is 20.3 Å². The number of aliphatic hydroxyl groups excluding tert-OH is 2. The first kappa shape index (κ1) is 15.2. The Labute approximate surface area is 116 Å². The maximum absolute atomic E-state index is 9.85. The van der Waals surface area contributed by atoms with Crippen molar-refractivity contribution in [1.29, 1.82) is 0 Å². The van der Waals surface area contributed by atoms with Crippen LogP contribution in [0.1, 0.15) is 51.4 Å². The van der Waals surface area contributed by atoms with Crippen LogP contribution in [0.15, 0.2) is 0 Å². The quantitative estimate of drug-likeness (QED) is 0.656. The molecule has 2 saturated carbocycles. The molecule has 4 nitrogen and oxygen atoms in total. The molecule has 0 aromatic heterocycles. The summed E-state index contributed by atoms with van der Waals surface area (Å²) < 4.78 is 5.70. The molecule has 0 bridgehead atoms. The van der Waals surface area contributed by atoms with E-state index in [9.17, 15) is 10.2 Å². The summed E-state index contributed by atoms with van der Waals surface area (Å²) in [5, 5.41) is 22.6. The summed E-state index contributed by atoms with van der Waals surface area (Å²) >= 11 is 0. The Hall–Kier alpha value is -0.160. The van der Waals surface area contributed by atoms with Crippen molar-refractivity contribution in [1.82, 2.24) is 5.32 Å². The number of aliphatic hydroxyl groups is 2. The number of ether oxygens (including phenoxy) is 1. The Morgan fingerprint density at radius 2 is 1.74 bits per heavy atom. The minimum Gasteiger partial charge on any atom is -0.393 e. The molecule has 0 aromatic rings. The lowest BCUT2D eigenvalue weighted by atomic mass is 9.87. The van der Waals surface area contributed by atoms with Gasteiger partial charge in [0.2, 0.25) is 0 Å². The molecule has 0 amide bonds. The molecule has 0 aliphatic heterocycles. The van der Waals surface area contributed by atoms with E-state index in [1.165, 1.54) is 12.8 Å². The number of hydrogen-bond acceptors (Lipinski definition) is 4. The van der Waals surface area contributed by atoms with Gasteiger partial charge in [-0.1, -0.05) is 12.8 Å². The molecule has 2 aliphatic rings. The molecule has 0 heterocycles. The summed E-state index contributed by atoms with van der Waals surface area (Å²) in [5.74, 6) is 0.659. The van der Waals surface area contributed by atoms with Crippen molar-refractivity contribution in [3.8, 4) is 0 Å². The van der Waals surface area contributed by atoms with E-state index in [1.807, 2.05) is 0 Å². The molecule has 19 heavy (non-hydrogen) atoms. The lowest BCUT2D eigenvalue weighted by molar-refractivity contribution is -0.00588. The highest BCUT2D eigenvalue weighted by atomic mass is 16.5. The highest BCUT2D eigenvalue weighted by molar-refractivity contribution is 4.74. The SMILES string of the molecule is OC1CCC(CNCC(O)COC2CCCC2)CC1. The molecule has 2 fully saturated rings. The van der Waals surface area contributed by atoms with Crippen LogP contribution in [0.25, 0.3) is 0 Å². The summed E-state index contributed by atoms with van der Waals surface area (Å²) in [5.41, 5.74) is 0. The molecule has 4 heteroatoms. The van der Waals surface area contributed by atoms with E-state index >= 15 is 0 Å². The molecule has 0 radical (unpaired) electrons. The average Bonchev–Trinajstić information content (AvgIpc) is 2.92. The first-order chi connectivity index (χ1) is 9.24. The second-order valence-corrected chi connectivity index (χ2v) is 6.23. The minimum absolute atomic E-state index is 0.0818. The molecule has 2 aliphatic carbocycles. The number of rotatable bonds is 7. The Morgan fingerprint density at radius 1 is 1.05 bits per heavy atom. The predicted octanol–water partition coefficient (Wildman–Crippen LogP) is 1.45. The van der Waals surface area contributed by atoms with E-state index < -0.39 is 6.10 Å². The highest BCUT2D eigenvalue weighted by Crippen LogP contribution is 2.23. The topological polar surface area (TPSA) is 61.7 Å². The maximum atomic E-state index is 9.85. The van der Waals surface area contributed by atoms with Gasteiger partial charge in [-0.2, -0.15) is 0 Å². The van der Waals surface area contributed by atoms with E-state index in [1.54, 1.807) is 0 Å². The zero-order valence-corrected chi connectivity index (χ0v) is 11.9. The first-order valence-electron chi connectivity index (χ1n) is 7.92. The monoisotopic (exact) mass is 271 g/mol. The van der Waals surface area contributed by atoms with E-state index in [2.05, 4.69) is 5.32 Å². The van der Waals surface area contributed by atoms with Crippen LogP contribution < -0.4 is 5.32 Å². The van der Waals surface area contributed by atoms with Gasteiger partial charge in [-0.25, -0.2) is 0 Å². The fourth-order valence-corrected chi connectivity index (χ4v) is 3.16. The molecule has 0 spiro atoms. The Balaban J connectivity index is 1.47. The van der Waals surface area contributed by atoms with Gasteiger partial charge in [-0.3, -0.25) is 0 Å². The van der Waals surface area contributed by atoms with Crippen LogP contribution in [0.4, 0.5) is 0 Å². The minimum atomic E-state index is -0.394. The van der Waals surface area contributed by atoms with Gasteiger partial charge in [-0.15, -0.1) is 0 Å². The van der Waals surface area contributed by atoms with Gasteiger partial charge in [0.15, 0.2) is 0 Å². The van der Waals surface area contributed by atoms with E-state index in [0.717, 1.165) is 45.1 Å². The van der Waals surface area contributed by atoms with Gasteiger partial charge in [-0.05, 0) is 51.0 Å². The summed E-state index contributed by atoms with van der Waals surface area (Å²) in [7, 11) is 0. The van der Waals surface area contributed by atoms with Gasteiger partial charge in [0.1, 0.15) is 0 Å². The third-order valence-electron chi connectivity index (χ3n) is 4.46. The summed E-state index contributed by atoms with van der Waals surface area (Å²) in [4.78, 5) is 0. The smallest absolute Gasteiger partial charge is 0.0897 e. The van der Waals surface area contributed by atoms with Crippen molar-refractivity contribution < 1.29 is 14.9 Å². The fraction of sp³-hybridized carbons (Fsp3) is 1.00. The van der Waals surface area contributed by atoms with Gasteiger partial charge >= 0.3 is 0 Å². The fourth-order valence-electron chi connectivity index (χ4n) is 3.16. The third-order valence-corrected chi connectivity index (χ3v) is 4.46. The van der Waals surface area contributed by atoms with Crippen LogP contribution in [-0.2, 0) is 4.74 Å². The van der Waals surface area contributed by atoms with Gasteiger partial charge in [0.25, 0.3) is 0 Å². The molecule has 3 N–H and O–H groups in total. The Kier molecular flexibility index (Phi) is 6.57. The van der Waals surface area contributed by atoms with Crippen LogP contribution >= 0.6 is 0 Å². The molecule has 0 aromatic carbocycles. The maximum Gasteiger partial charge on any atom is 0.0897 e. The molecule has 1 unspecified atom stereocenters. The largest absolute Gasteiger partial charge is 0.393 e. The summed E-state index contributed by atoms with van der Waals surface area (Å²) in [6.45, 7) is 2.03. The molecule has 1 atom stereocenters. The second kappa shape index (κ2) is 8.20. The predicted molar refractivity (Wildman–Crippen MR) is 75.0 cm³/mol. The Morgan fingerprint density at radius 3 is 2.42 bits per heavy atom. The Bertz CT molecular complexity index is 236. The molecule has 2 rings (SSSR count). The van der Waals surface area contributed by atoms with Crippen molar-refractivity contribution in [3.05, 3.63) is 0 Å². The van der Waals surface area contributed by atoms with Crippen molar-refractivity contribution >= 4 is 0 Å². The molecular weight excluding hydrogens is 242 g/mol. The average molecular weight is 271 g/mol. The molecular formula is C15H29NO3. The first-order valence-corrected chi connectivity index (χ1v) is 7.92. The van der Waals surface area contributed by atoms with E-state index in [-0.39, 0.29) is 6.10 Å². The van der Waals surface area contributed by atoms with E-state index in [4.69, 9.17) is 4.74 Å².